The van der Waals surface area contributed by atoms with Crippen molar-refractivity contribution in [3.8, 4) is 0 Å². The van der Waals surface area contributed by atoms with Gasteiger partial charge >= 0.3 is 6.09 Å². The molecule has 1 amide bonds. The highest BCUT2D eigenvalue weighted by Crippen LogP contribution is 2.12. The predicted molar refractivity (Wildman–Crippen MR) is 123 cm³/mol. The Kier molecular flexibility index (Phi) is 11.4. The molecule has 2 N–H and O–H groups in total. The summed E-state index contributed by atoms with van der Waals surface area (Å²) in [7, 11) is 0. The van der Waals surface area contributed by atoms with E-state index in [1.807, 2.05) is 20.8 Å². The van der Waals surface area contributed by atoms with Crippen molar-refractivity contribution < 1.29 is 19.0 Å². The first-order valence-electron chi connectivity index (χ1n) is 11.8. The molecule has 0 aromatic carbocycles. The number of hydrogen-bond acceptors (Lipinski definition) is 6. The van der Waals surface area contributed by atoms with Crippen LogP contribution in [0.2, 0.25) is 0 Å². The van der Waals surface area contributed by atoms with Crippen LogP contribution in [0.4, 0.5) is 4.79 Å². The largest absolute Gasteiger partial charge is 0.444 e. The average molecular weight is 442 g/mol. The molecule has 2 heterocycles. The summed E-state index contributed by atoms with van der Waals surface area (Å²) in [5, 5.41) is 6.69. The second-order valence-corrected chi connectivity index (χ2v) is 9.06. The minimum Gasteiger partial charge on any atom is -0.444 e. The molecule has 2 aliphatic rings. The van der Waals surface area contributed by atoms with Crippen LogP contribution in [0.15, 0.2) is 4.99 Å². The quantitative estimate of drug-likeness (QED) is 0.303. The summed E-state index contributed by atoms with van der Waals surface area (Å²) >= 11 is 0. The Balaban J connectivity index is 1.56. The van der Waals surface area contributed by atoms with E-state index in [9.17, 15) is 4.79 Å². The van der Waals surface area contributed by atoms with Gasteiger partial charge in [0.15, 0.2) is 5.96 Å². The number of rotatable bonds is 10. The Labute approximate surface area is 187 Å². The number of hydrogen-bond donors (Lipinski definition) is 2. The lowest BCUT2D eigenvalue weighted by atomic mass is 10.2. The van der Waals surface area contributed by atoms with E-state index in [-0.39, 0.29) is 12.2 Å². The van der Waals surface area contributed by atoms with Gasteiger partial charge < -0.3 is 29.7 Å². The van der Waals surface area contributed by atoms with Crippen LogP contribution in [-0.2, 0) is 14.2 Å². The van der Waals surface area contributed by atoms with Crippen LogP contribution in [0.3, 0.4) is 0 Å². The first kappa shape index (κ1) is 25.7. The molecule has 9 nitrogen and oxygen atoms in total. The smallest absolute Gasteiger partial charge is 0.410 e. The van der Waals surface area contributed by atoms with Crippen LogP contribution in [-0.4, -0.2) is 106 Å². The van der Waals surface area contributed by atoms with Crippen molar-refractivity contribution in [2.75, 3.05) is 72.2 Å². The molecule has 2 saturated heterocycles. The van der Waals surface area contributed by atoms with Gasteiger partial charge in [0.2, 0.25) is 0 Å². The minimum absolute atomic E-state index is 0.216. The first-order chi connectivity index (χ1) is 14.9. The minimum atomic E-state index is -0.448. The fourth-order valence-electron chi connectivity index (χ4n) is 3.50. The second-order valence-electron chi connectivity index (χ2n) is 9.06. The van der Waals surface area contributed by atoms with Gasteiger partial charge in [-0.05, 0) is 47.0 Å². The van der Waals surface area contributed by atoms with Gasteiger partial charge in [-0.25, -0.2) is 4.79 Å². The van der Waals surface area contributed by atoms with E-state index in [4.69, 9.17) is 14.2 Å². The molecule has 2 aliphatic heterocycles. The Morgan fingerprint density at radius 1 is 1.19 bits per heavy atom. The Morgan fingerprint density at radius 2 is 1.97 bits per heavy atom. The van der Waals surface area contributed by atoms with Gasteiger partial charge in [-0.15, -0.1) is 0 Å². The highest BCUT2D eigenvalue weighted by molar-refractivity contribution is 5.79. The predicted octanol–water partition coefficient (Wildman–Crippen LogP) is 1.68. The van der Waals surface area contributed by atoms with E-state index in [2.05, 4.69) is 27.4 Å². The van der Waals surface area contributed by atoms with E-state index in [0.29, 0.717) is 26.3 Å². The molecule has 1 unspecified atom stereocenters. The molecule has 0 radical (unpaired) electrons. The van der Waals surface area contributed by atoms with Gasteiger partial charge in [0.1, 0.15) is 5.60 Å². The Morgan fingerprint density at radius 3 is 2.61 bits per heavy atom. The van der Waals surface area contributed by atoms with Gasteiger partial charge in [-0.2, -0.15) is 0 Å². The fraction of sp³-hybridized carbons (Fsp3) is 0.909. The lowest BCUT2D eigenvalue weighted by Crippen LogP contribution is -2.51. The third kappa shape index (κ3) is 11.0. The molecule has 0 aliphatic carbocycles. The van der Waals surface area contributed by atoms with Crippen LogP contribution >= 0.6 is 0 Å². The van der Waals surface area contributed by atoms with Gasteiger partial charge in [0.25, 0.3) is 0 Å². The van der Waals surface area contributed by atoms with Crippen molar-refractivity contribution in [2.45, 2.75) is 58.7 Å². The molecule has 9 heteroatoms. The molecular weight excluding hydrogens is 398 g/mol. The molecule has 0 aromatic heterocycles. The molecule has 0 aromatic rings. The zero-order chi connectivity index (χ0) is 22.5. The molecule has 0 saturated carbocycles. The summed E-state index contributed by atoms with van der Waals surface area (Å²) < 4.78 is 16.7. The zero-order valence-electron chi connectivity index (χ0n) is 20.0. The van der Waals surface area contributed by atoms with Gasteiger partial charge in [0, 0.05) is 65.6 Å². The van der Waals surface area contributed by atoms with Crippen molar-refractivity contribution >= 4 is 12.1 Å². The molecule has 2 fully saturated rings. The maximum Gasteiger partial charge on any atom is 0.410 e. The maximum atomic E-state index is 12.2. The third-order valence-corrected chi connectivity index (χ3v) is 5.13. The highest BCUT2D eigenvalue weighted by atomic mass is 16.6. The van der Waals surface area contributed by atoms with E-state index in [0.717, 1.165) is 71.1 Å². The number of aliphatic imine (C=N–C) groups is 1. The summed E-state index contributed by atoms with van der Waals surface area (Å²) in [5.74, 6) is 0.842. The Bertz CT molecular complexity index is 539. The Hall–Kier alpha value is -1.58. The summed E-state index contributed by atoms with van der Waals surface area (Å²) in [6.07, 6.45) is 3.23. The van der Waals surface area contributed by atoms with Crippen molar-refractivity contribution in [3.05, 3.63) is 0 Å². The van der Waals surface area contributed by atoms with E-state index < -0.39 is 5.60 Å². The average Bonchev–Trinajstić information content (AvgIpc) is 3.23. The van der Waals surface area contributed by atoms with E-state index in [1.54, 1.807) is 4.90 Å². The van der Waals surface area contributed by atoms with Crippen molar-refractivity contribution in [1.82, 2.24) is 20.4 Å². The molecule has 2 rings (SSSR count). The van der Waals surface area contributed by atoms with Crippen molar-refractivity contribution in [3.63, 3.8) is 0 Å². The lowest BCUT2D eigenvalue weighted by Gasteiger charge is -2.35. The maximum absolute atomic E-state index is 12.2. The molecule has 31 heavy (non-hydrogen) atoms. The fourth-order valence-corrected chi connectivity index (χ4v) is 3.50. The summed E-state index contributed by atoms with van der Waals surface area (Å²) in [6, 6.07) is 0. The zero-order valence-corrected chi connectivity index (χ0v) is 20.0. The number of amides is 1. The molecule has 1 atom stereocenters. The number of carbonyl (C=O) groups is 1. The first-order valence-corrected chi connectivity index (χ1v) is 11.8. The van der Waals surface area contributed by atoms with Gasteiger partial charge in [0.05, 0.1) is 12.7 Å². The topological polar surface area (TPSA) is 87.7 Å². The van der Waals surface area contributed by atoms with E-state index in [1.165, 1.54) is 0 Å². The summed E-state index contributed by atoms with van der Waals surface area (Å²) in [6.45, 7) is 16.5. The van der Waals surface area contributed by atoms with Crippen LogP contribution in [0, 0.1) is 0 Å². The van der Waals surface area contributed by atoms with Crippen LogP contribution in [0.1, 0.15) is 47.0 Å². The SMILES string of the molecule is CCNC(=NCCCOCC1CCCO1)NCCN1CCN(C(=O)OC(C)(C)C)CC1. The second kappa shape index (κ2) is 13.8. The molecule has 0 spiro atoms. The third-order valence-electron chi connectivity index (χ3n) is 5.13. The number of piperazine rings is 1. The summed E-state index contributed by atoms with van der Waals surface area (Å²) in [5.41, 5.74) is -0.448. The van der Waals surface area contributed by atoms with Gasteiger partial charge in [-0.1, -0.05) is 0 Å². The van der Waals surface area contributed by atoms with E-state index >= 15 is 0 Å². The number of nitrogens with one attached hydrogen (secondary N) is 2. The van der Waals surface area contributed by atoms with Crippen LogP contribution < -0.4 is 10.6 Å². The van der Waals surface area contributed by atoms with Crippen molar-refractivity contribution in [1.29, 1.82) is 0 Å². The number of carbonyl (C=O) groups excluding carboxylic acids is 1. The summed E-state index contributed by atoms with van der Waals surface area (Å²) in [4.78, 5) is 20.9. The lowest BCUT2D eigenvalue weighted by molar-refractivity contribution is 0.0147. The van der Waals surface area contributed by atoms with Gasteiger partial charge in [-0.3, -0.25) is 9.89 Å². The molecular formula is C22H43N5O4. The standard InChI is InChI=1S/C22H43N5O4/c1-5-23-20(24-9-7-16-29-18-19-8-6-17-30-19)25-10-11-26-12-14-27(15-13-26)21(28)31-22(2,3)4/h19H,5-18H2,1-4H3,(H2,23,24,25). The monoisotopic (exact) mass is 441 g/mol. The molecule has 180 valence electrons. The number of nitrogens with zero attached hydrogens (tertiary/aromatic N) is 3. The highest BCUT2D eigenvalue weighted by Gasteiger charge is 2.25. The normalized spacial score (nSPS) is 20.7. The number of ether oxygens (including phenoxy) is 3. The van der Waals surface area contributed by atoms with Crippen molar-refractivity contribution in [2.24, 2.45) is 4.99 Å². The number of guanidine groups is 1. The van der Waals surface area contributed by atoms with Crippen LogP contribution in [0.25, 0.3) is 0 Å². The molecule has 0 bridgehead atoms. The van der Waals surface area contributed by atoms with Crippen LogP contribution in [0.5, 0.6) is 0 Å².